The number of carboxylic acids is 1. The molecule has 0 aliphatic rings. The van der Waals surface area contributed by atoms with Crippen LogP contribution < -0.4 is 0 Å². The Hall–Kier alpha value is -1.63. The summed E-state index contributed by atoms with van der Waals surface area (Å²) in [6.07, 6.45) is -5.24. The van der Waals surface area contributed by atoms with Crippen LogP contribution in [0.4, 0.5) is 17.6 Å². The van der Waals surface area contributed by atoms with Crippen molar-refractivity contribution in [3.63, 3.8) is 0 Å². The average molecular weight is 279 g/mol. The molecule has 1 N–H and O–H groups in total. The van der Waals surface area contributed by atoms with Crippen LogP contribution >= 0.6 is 0 Å². The van der Waals surface area contributed by atoms with Gasteiger partial charge in [-0.25, -0.2) is 9.18 Å². The van der Waals surface area contributed by atoms with Gasteiger partial charge in [0.05, 0.1) is 12.0 Å². The lowest BCUT2D eigenvalue weighted by atomic mass is 10.1. The Kier molecular flexibility index (Phi) is 4.88. The van der Waals surface area contributed by atoms with E-state index >= 15 is 0 Å². The molecule has 0 bridgehead atoms. The molecule has 0 heterocycles. The van der Waals surface area contributed by atoms with Gasteiger partial charge in [0.1, 0.15) is 5.82 Å². The Bertz CT molecular complexity index is 460. The first-order valence-electron chi connectivity index (χ1n) is 5.46. The molecule has 1 rings (SSSR count). The standard InChI is InChI=1S/C12H13F4NO2/c1-17(5-4-12(14,15)16)7-8-2-3-9(13)6-10(8)11(18)19/h2-3,6H,4-5,7H2,1H3,(H,18,19). The second-order valence-electron chi connectivity index (χ2n) is 4.21. The Labute approximate surface area is 107 Å². The van der Waals surface area contributed by atoms with Crippen LogP contribution in [-0.4, -0.2) is 35.7 Å². The highest BCUT2D eigenvalue weighted by Gasteiger charge is 2.27. The molecule has 0 aliphatic heterocycles. The summed E-state index contributed by atoms with van der Waals surface area (Å²) in [5.74, 6) is -2.00. The van der Waals surface area contributed by atoms with Gasteiger partial charge in [-0.15, -0.1) is 0 Å². The minimum absolute atomic E-state index is 0.0119. The van der Waals surface area contributed by atoms with Crippen LogP contribution in [0.2, 0.25) is 0 Å². The van der Waals surface area contributed by atoms with Crippen molar-refractivity contribution in [1.29, 1.82) is 0 Å². The van der Waals surface area contributed by atoms with Crippen molar-refractivity contribution < 1.29 is 27.5 Å². The van der Waals surface area contributed by atoms with Gasteiger partial charge >= 0.3 is 12.1 Å². The fraction of sp³-hybridized carbons (Fsp3) is 0.417. The molecule has 7 heteroatoms. The third kappa shape index (κ3) is 5.25. The number of benzene rings is 1. The maximum atomic E-state index is 12.9. The summed E-state index contributed by atoms with van der Waals surface area (Å²) in [7, 11) is 1.45. The van der Waals surface area contributed by atoms with Crippen molar-refractivity contribution in [2.45, 2.75) is 19.1 Å². The van der Waals surface area contributed by atoms with E-state index in [1.807, 2.05) is 0 Å². The lowest BCUT2D eigenvalue weighted by molar-refractivity contribution is -0.137. The number of carboxylic acid groups (broad SMARTS) is 1. The minimum atomic E-state index is -4.26. The van der Waals surface area contributed by atoms with Crippen LogP contribution in [0, 0.1) is 5.82 Å². The van der Waals surface area contributed by atoms with Crippen LogP contribution in [0.3, 0.4) is 0 Å². The summed E-state index contributed by atoms with van der Waals surface area (Å²) in [5, 5.41) is 8.90. The van der Waals surface area contributed by atoms with Crippen molar-refractivity contribution in [3.05, 3.63) is 35.1 Å². The monoisotopic (exact) mass is 279 g/mol. The Morgan fingerprint density at radius 1 is 1.37 bits per heavy atom. The Morgan fingerprint density at radius 3 is 2.53 bits per heavy atom. The minimum Gasteiger partial charge on any atom is -0.478 e. The first-order valence-corrected chi connectivity index (χ1v) is 5.46. The molecule has 0 saturated heterocycles. The Balaban J connectivity index is 2.74. The number of nitrogens with zero attached hydrogens (tertiary/aromatic N) is 1. The van der Waals surface area contributed by atoms with E-state index in [1.165, 1.54) is 18.0 Å². The molecule has 0 radical (unpaired) electrons. The zero-order valence-electron chi connectivity index (χ0n) is 10.2. The van der Waals surface area contributed by atoms with Gasteiger partial charge in [0.15, 0.2) is 0 Å². The van der Waals surface area contributed by atoms with Crippen molar-refractivity contribution >= 4 is 5.97 Å². The van der Waals surface area contributed by atoms with Gasteiger partial charge in [-0.3, -0.25) is 0 Å². The molecular weight excluding hydrogens is 266 g/mol. The molecule has 0 spiro atoms. The highest BCUT2D eigenvalue weighted by molar-refractivity contribution is 5.89. The molecule has 1 aromatic carbocycles. The summed E-state index contributed by atoms with van der Waals surface area (Å²) in [5.41, 5.74) is 0.0393. The molecule has 0 atom stereocenters. The zero-order chi connectivity index (χ0) is 14.6. The summed E-state index contributed by atoms with van der Waals surface area (Å²) in [6.45, 7) is -0.238. The number of alkyl halides is 3. The van der Waals surface area contributed by atoms with Gasteiger partial charge in [0.25, 0.3) is 0 Å². The third-order valence-electron chi connectivity index (χ3n) is 2.52. The number of aromatic carboxylic acids is 1. The third-order valence-corrected chi connectivity index (χ3v) is 2.52. The second-order valence-corrected chi connectivity index (χ2v) is 4.21. The number of hydrogen-bond acceptors (Lipinski definition) is 2. The van der Waals surface area contributed by atoms with Crippen LogP contribution in [-0.2, 0) is 6.54 Å². The molecule has 0 fully saturated rings. The van der Waals surface area contributed by atoms with E-state index < -0.39 is 24.4 Å². The predicted octanol–water partition coefficient (Wildman–Crippen LogP) is 2.91. The molecule has 0 aliphatic carbocycles. The molecular formula is C12H13F4NO2. The van der Waals surface area contributed by atoms with E-state index in [2.05, 4.69) is 0 Å². The maximum Gasteiger partial charge on any atom is 0.390 e. The number of carbonyl (C=O) groups is 1. The normalized spacial score (nSPS) is 11.9. The van der Waals surface area contributed by atoms with Gasteiger partial charge in [0, 0.05) is 13.1 Å². The summed E-state index contributed by atoms with van der Waals surface area (Å²) in [4.78, 5) is 12.2. The summed E-state index contributed by atoms with van der Waals surface area (Å²) >= 11 is 0. The van der Waals surface area contributed by atoms with E-state index in [1.54, 1.807) is 0 Å². The summed E-state index contributed by atoms with van der Waals surface area (Å²) < 4.78 is 49.1. The van der Waals surface area contributed by atoms with Crippen LogP contribution in [0.5, 0.6) is 0 Å². The molecule has 0 amide bonds. The number of halogens is 4. The van der Waals surface area contributed by atoms with Gasteiger partial charge in [-0.2, -0.15) is 13.2 Å². The first kappa shape index (κ1) is 15.4. The van der Waals surface area contributed by atoms with Crippen LogP contribution in [0.25, 0.3) is 0 Å². The first-order chi connectivity index (χ1) is 8.69. The van der Waals surface area contributed by atoms with Gasteiger partial charge < -0.3 is 10.0 Å². The number of rotatable bonds is 5. The summed E-state index contributed by atoms with van der Waals surface area (Å²) in [6, 6.07) is 3.21. The fourth-order valence-electron chi connectivity index (χ4n) is 1.57. The lowest BCUT2D eigenvalue weighted by Gasteiger charge is -2.18. The second kappa shape index (κ2) is 6.01. The molecule has 3 nitrogen and oxygen atoms in total. The number of hydrogen-bond donors (Lipinski definition) is 1. The van der Waals surface area contributed by atoms with Gasteiger partial charge in [-0.1, -0.05) is 6.07 Å². The largest absolute Gasteiger partial charge is 0.478 e. The predicted molar refractivity (Wildman–Crippen MR) is 60.4 cm³/mol. The Morgan fingerprint density at radius 2 is 2.00 bits per heavy atom. The van der Waals surface area contributed by atoms with Crippen molar-refractivity contribution in [1.82, 2.24) is 4.90 Å². The molecule has 0 unspecified atom stereocenters. The van der Waals surface area contributed by atoms with E-state index in [4.69, 9.17) is 5.11 Å². The van der Waals surface area contributed by atoms with E-state index in [0.717, 1.165) is 12.1 Å². The van der Waals surface area contributed by atoms with Crippen molar-refractivity contribution in [2.75, 3.05) is 13.6 Å². The van der Waals surface area contributed by atoms with Crippen molar-refractivity contribution in [2.24, 2.45) is 0 Å². The highest BCUT2D eigenvalue weighted by atomic mass is 19.4. The average Bonchev–Trinajstić information content (AvgIpc) is 2.28. The van der Waals surface area contributed by atoms with Crippen LogP contribution in [0.15, 0.2) is 18.2 Å². The van der Waals surface area contributed by atoms with E-state index in [9.17, 15) is 22.4 Å². The van der Waals surface area contributed by atoms with Crippen LogP contribution in [0.1, 0.15) is 22.3 Å². The topological polar surface area (TPSA) is 40.5 Å². The van der Waals surface area contributed by atoms with Gasteiger partial charge in [0.2, 0.25) is 0 Å². The van der Waals surface area contributed by atoms with Crippen molar-refractivity contribution in [3.8, 4) is 0 Å². The molecule has 1 aromatic rings. The van der Waals surface area contributed by atoms with Gasteiger partial charge in [-0.05, 0) is 24.7 Å². The fourth-order valence-corrected chi connectivity index (χ4v) is 1.57. The van der Waals surface area contributed by atoms with E-state index in [0.29, 0.717) is 0 Å². The lowest BCUT2D eigenvalue weighted by Crippen LogP contribution is -2.25. The molecule has 106 valence electrons. The maximum absolute atomic E-state index is 12.9. The molecule has 0 aromatic heterocycles. The quantitative estimate of drug-likeness (QED) is 0.842. The smallest absolute Gasteiger partial charge is 0.390 e. The molecule has 0 saturated carbocycles. The zero-order valence-corrected chi connectivity index (χ0v) is 10.2. The molecule has 19 heavy (non-hydrogen) atoms. The SMILES string of the molecule is CN(CCC(F)(F)F)Cc1ccc(F)cc1C(=O)O. The highest BCUT2D eigenvalue weighted by Crippen LogP contribution is 2.20. The van der Waals surface area contributed by atoms with E-state index in [-0.39, 0.29) is 24.2 Å².